The van der Waals surface area contributed by atoms with Crippen LogP contribution in [0.5, 0.6) is 0 Å². The number of methoxy groups -OCH3 is 1. The summed E-state index contributed by atoms with van der Waals surface area (Å²) in [7, 11) is 1.02. The number of carbonyl (C=O) groups is 1. The molecule has 0 bridgehead atoms. The second-order valence-electron chi connectivity index (χ2n) is 2.53. The van der Waals surface area contributed by atoms with Crippen molar-refractivity contribution in [3.8, 4) is 0 Å². The van der Waals surface area contributed by atoms with Crippen LogP contribution in [0.1, 0.15) is 10.4 Å². The summed E-state index contributed by atoms with van der Waals surface area (Å²) in [6.07, 6.45) is 1.73. The van der Waals surface area contributed by atoms with Gasteiger partial charge in [-0.3, -0.25) is 4.98 Å². The molecule has 0 radical (unpaired) electrons. The lowest BCUT2D eigenvalue weighted by atomic mass is 9.78. The van der Waals surface area contributed by atoms with E-state index in [0.29, 0.717) is 6.20 Å². The fourth-order valence-electron chi connectivity index (χ4n) is 0.963. The van der Waals surface area contributed by atoms with Crippen LogP contribution in [0.2, 0.25) is 0 Å². The highest BCUT2D eigenvalue weighted by molar-refractivity contribution is 6.74. The Kier molecular flexibility index (Phi) is 2.78. The van der Waals surface area contributed by atoms with Crippen molar-refractivity contribution in [2.24, 2.45) is 0 Å². The Labute approximate surface area is 78.0 Å². The normalized spacial score (nSPS) is 11.1. The molecule has 0 aliphatic rings. The van der Waals surface area contributed by atoms with Gasteiger partial charge in [0.2, 0.25) is 0 Å². The number of ether oxygens (including phenoxy) is 1. The molecule has 7 heteroatoms. The van der Waals surface area contributed by atoms with E-state index in [4.69, 9.17) is 0 Å². The van der Waals surface area contributed by atoms with Gasteiger partial charge in [0.05, 0.1) is 7.11 Å². The monoisotopic (exact) mass is 204 g/mol. The lowest BCUT2D eigenvalue weighted by Crippen LogP contribution is -2.38. The Morgan fingerprint density at radius 2 is 2.14 bits per heavy atom. The van der Waals surface area contributed by atoms with Crippen LogP contribution in [-0.4, -0.2) is 25.0 Å². The van der Waals surface area contributed by atoms with Crippen LogP contribution in [0, 0.1) is 0 Å². The molecule has 0 aliphatic heterocycles. The average molecular weight is 204 g/mol. The van der Waals surface area contributed by atoms with Gasteiger partial charge < -0.3 is 17.7 Å². The first kappa shape index (κ1) is 10.6. The number of hydrogen-bond acceptors (Lipinski definition) is 3. The van der Waals surface area contributed by atoms with Gasteiger partial charge in [0.1, 0.15) is 0 Å². The van der Waals surface area contributed by atoms with Gasteiger partial charge in [0.15, 0.2) is 0 Å². The zero-order valence-corrected chi connectivity index (χ0v) is 7.21. The first-order chi connectivity index (χ1) is 6.46. The maximum Gasteiger partial charge on any atom is 0.511 e. The van der Waals surface area contributed by atoms with Crippen molar-refractivity contribution in [3.63, 3.8) is 0 Å². The number of halogens is 3. The smallest absolute Gasteiger partial charge is 0.465 e. The van der Waals surface area contributed by atoms with E-state index in [9.17, 15) is 17.7 Å². The van der Waals surface area contributed by atoms with E-state index in [2.05, 4.69) is 9.72 Å². The minimum absolute atomic E-state index is 0.505. The van der Waals surface area contributed by atoms with Crippen LogP contribution >= 0.6 is 0 Å². The van der Waals surface area contributed by atoms with Gasteiger partial charge in [-0.25, -0.2) is 4.79 Å². The molecule has 1 aromatic rings. The molecule has 76 valence electrons. The topological polar surface area (TPSA) is 39.2 Å². The van der Waals surface area contributed by atoms with Crippen molar-refractivity contribution in [2.75, 3.05) is 7.11 Å². The van der Waals surface area contributed by atoms with Crippen molar-refractivity contribution in [2.45, 2.75) is 0 Å². The second-order valence-corrected chi connectivity index (χ2v) is 2.53. The van der Waals surface area contributed by atoms with Crippen LogP contribution in [0.15, 0.2) is 18.5 Å². The van der Waals surface area contributed by atoms with Gasteiger partial charge in [-0.1, -0.05) is 5.46 Å². The molecule has 0 aromatic carbocycles. The molecule has 0 saturated heterocycles. The van der Waals surface area contributed by atoms with Crippen molar-refractivity contribution >= 4 is 18.4 Å². The fourth-order valence-corrected chi connectivity index (χ4v) is 0.963. The van der Waals surface area contributed by atoms with Gasteiger partial charge in [-0.15, -0.1) is 0 Å². The quantitative estimate of drug-likeness (QED) is 0.531. The molecule has 0 N–H and O–H groups in total. The predicted octanol–water partition coefficient (Wildman–Crippen LogP) is 0.923. The van der Waals surface area contributed by atoms with E-state index in [1.165, 1.54) is 0 Å². The highest BCUT2D eigenvalue weighted by Gasteiger charge is 2.30. The molecule has 0 spiro atoms. The van der Waals surface area contributed by atoms with Crippen molar-refractivity contribution in [3.05, 3.63) is 24.0 Å². The first-order valence-electron chi connectivity index (χ1n) is 3.69. The molecule has 1 heterocycles. The SMILES string of the molecule is COC(=O)c1ccncc1[B-](F)(F)F. The van der Waals surface area contributed by atoms with Crippen LogP contribution in [0.3, 0.4) is 0 Å². The first-order valence-corrected chi connectivity index (χ1v) is 3.69. The minimum Gasteiger partial charge on any atom is -0.465 e. The summed E-state index contributed by atoms with van der Waals surface area (Å²) >= 11 is 0. The predicted molar refractivity (Wildman–Crippen MR) is 44.3 cm³/mol. The maximum absolute atomic E-state index is 12.4. The largest absolute Gasteiger partial charge is 0.511 e. The lowest BCUT2D eigenvalue weighted by Gasteiger charge is -2.17. The molecule has 1 rings (SSSR count). The van der Waals surface area contributed by atoms with E-state index < -0.39 is 24.0 Å². The van der Waals surface area contributed by atoms with Gasteiger partial charge >= 0.3 is 12.9 Å². The number of nitrogens with zero attached hydrogens (tertiary/aromatic N) is 1. The summed E-state index contributed by atoms with van der Waals surface area (Å²) < 4.78 is 41.3. The maximum atomic E-state index is 12.4. The number of esters is 1. The van der Waals surface area contributed by atoms with Gasteiger partial charge in [0.25, 0.3) is 0 Å². The summed E-state index contributed by atoms with van der Waals surface area (Å²) in [5.41, 5.74) is -1.53. The van der Waals surface area contributed by atoms with E-state index in [1.807, 2.05) is 0 Å². The van der Waals surface area contributed by atoms with Gasteiger partial charge in [-0.05, 0) is 6.07 Å². The molecule has 1 aromatic heterocycles. The molecule has 0 atom stereocenters. The Hall–Kier alpha value is -1.53. The summed E-state index contributed by atoms with van der Waals surface area (Å²) in [5.74, 6) is -1.01. The molecule has 0 aliphatic carbocycles. The summed E-state index contributed by atoms with van der Waals surface area (Å²) in [6, 6.07) is 0.983. The van der Waals surface area contributed by atoms with E-state index >= 15 is 0 Å². The van der Waals surface area contributed by atoms with E-state index in [-0.39, 0.29) is 0 Å². The second kappa shape index (κ2) is 3.69. The lowest BCUT2D eigenvalue weighted by molar-refractivity contribution is 0.0601. The number of pyridine rings is 1. The van der Waals surface area contributed by atoms with Crippen molar-refractivity contribution in [1.29, 1.82) is 0 Å². The van der Waals surface area contributed by atoms with Gasteiger partial charge in [0, 0.05) is 18.0 Å². The zero-order valence-electron chi connectivity index (χ0n) is 7.21. The molecule has 0 unspecified atom stereocenters. The Bertz CT molecular complexity index is 353. The summed E-state index contributed by atoms with van der Waals surface area (Å²) in [4.78, 5) is 14.3. The van der Waals surface area contributed by atoms with Crippen LogP contribution in [0.4, 0.5) is 12.9 Å². The summed E-state index contributed by atoms with van der Waals surface area (Å²) in [6.45, 7) is -5.24. The molecule has 0 saturated carbocycles. The molecular weight excluding hydrogens is 198 g/mol. The third kappa shape index (κ3) is 2.04. The van der Waals surface area contributed by atoms with E-state index in [0.717, 1.165) is 19.4 Å². The third-order valence-corrected chi connectivity index (χ3v) is 1.61. The molecule has 0 amide bonds. The summed E-state index contributed by atoms with van der Waals surface area (Å²) in [5, 5.41) is 0. The third-order valence-electron chi connectivity index (χ3n) is 1.61. The molecule has 14 heavy (non-hydrogen) atoms. The van der Waals surface area contributed by atoms with Crippen LogP contribution in [0.25, 0.3) is 0 Å². The molecule has 3 nitrogen and oxygen atoms in total. The van der Waals surface area contributed by atoms with Crippen molar-refractivity contribution < 1.29 is 22.5 Å². The van der Waals surface area contributed by atoms with Crippen LogP contribution < -0.4 is 5.46 Å². The highest BCUT2D eigenvalue weighted by atomic mass is 19.4. The standard InChI is InChI=1S/C7H6BF3NO2/c1-14-7(13)5-2-3-12-4-6(5)8(9,10)11/h2-4H,1H3/q-1. The van der Waals surface area contributed by atoms with Gasteiger partial charge in [-0.2, -0.15) is 0 Å². The fraction of sp³-hybridized carbons (Fsp3) is 0.143. The average Bonchev–Trinajstić information content (AvgIpc) is 2.15. The zero-order chi connectivity index (χ0) is 10.8. The van der Waals surface area contributed by atoms with Crippen molar-refractivity contribution in [1.82, 2.24) is 4.98 Å². The minimum atomic E-state index is -5.24. The number of aromatic nitrogens is 1. The Balaban J connectivity index is 3.23. The number of carbonyl (C=O) groups excluding carboxylic acids is 1. The molecular formula is C7H6BF3NO2-. The highest BCUT2D eigenvalue weighted by Crippen LogP contribution is 2.11. The molecule has 0 fully saturated rings. The van der Waals surface area contributed by atoms with Crippen LogP contribution in [-0.2, 0) is 4.74 Å². The number of hydrogen-bond donors (Lipinski definition) is 0. The Morgan fingerprint density at radius 1 is 1.50 bits per heavy atom. The Morgan fingerprint density at radius 3 is 2.64 bits per heavy atom. The number of rotatable bonds is 2. The van der Waals surface area contributed by atoms with E-state index in [1.54, 1.807) is 0 Å².